The van der Waals surface area contributed by atoms with Crippen molar-refractivity contribution in [1.82, 2.24) is 15.2 Å². The summed E-state index contributed by atoms with van der Waals surface area (Å²) in [6, 6.07) is 9.14. The second kappa shape index (κ2) is 9.95. The van der Waals surface area contributed by atoms with E-state index in [-0.39, 0.29) is 22.7 Å². The number of rotatable bonds is 4. The number of thioether (sulfide) groups is 1. The van der Waals surface area contributed by atoms with Gasteiger partial charge in [-0.25, -0.2) is 9.59 Å². The number of carbonyl (C=O) groups excluding carboxylic acids is 1. The van der Waals surface area contributed by atoms with E-state index in [1.54, 1.807) is 48.5 Å². The maximum absolute atomic E-state index is 12.5. The van der Waals surface area contributed by atoms with Gasteiger partial charge in [-0.05, 0) is 54.1 Å². The van der Waals surface area contributed by atoms with E-state index in [1.807, 2.05) is 0 Å². The zero-order valence-corrected chi connectivity index (χ0v) is 18.2. The highest BCUT2D eigenvalue weighted by molar-refractivity contribution is 8.00. The van der Waals surface area contributed by atoms with Crippen molar-refractivity contribution in [2.45, 2.75) is 35.6 Å². The fourth-order valence-corrected chi connectivity index (χ4v) is 3.64. The zero-order chi connectivity index (χ0) is 25.0. The molecule has 1 fully saturated rings. The van der Waals surface area contributed by atoms with Crippen LogP contribution in [0.25, 0.3) is 0 Å². The number of nitrogens with zero attached hydrogens (tertiary/aromatic N) is 2. The van der Waals surface area contributed by atoms with Crippen molar-refractivity contribution < 1.29 is 41.0 Å². The van der Waals surface area contributed by atoms with Crippen LogP contribution in [0.4, 0.5) is 31.1 Å². The molecular weight excluding hydrogens is 496 g/mol. The SMILES string of the molecule is C[C@]1(c2ccc(SC(F)(F)F)cc2)C(=S)NC(=O)N1Cc1ccncc1.O=C(O)C(F)(F)F. The van der Waals surface area contributed by atoms with E-state index in [9.17, 15) is 31.1 Å². The third-order valence-electron chi connectivity index (χ3n) is 4.43. The molecule has 0 bridgehead atoms. The molecule has 2 aromatic rings. The smallest absolute Gasteiger partial charge is 0.475 e. The van der Waals surface area contributed by atoms with Gasteiger partial charge >= 0.3 is 23.7 Å². The van der Waals surface area contributed by atoms with Crippen molar-refractivity contribution >= 4 is 41.0 Å². The minimum absolute atomic E-state index is 0.0775. The summed E-state index contributed by atoms with van der Waals surface area (Å²) < 4.78 is 69.3. The average molecular weight is 511 g/mol. The fraction of sp³-hybridized carbons (Fsp3) is 0.263. The number of pyridine rings is 1. The first kappa shape index (κ1) is 26.4. The number of carboxylic acid groups (broad SMARTS) is 1. The molecule has 14 heteroatoms. The van der Waals surface area contributed by atoms with Crippen molar-refractivity contribution in [1.29, 1.82) is 0 Å². The Morgan fingerprint density at radius 1 is 1.12 bits per heavy atom. The molecule has 0 aliphatic carbocycles. The Kier molecular flexibility index (Phi) is 7.96. The molecule has 0 saturated carbocycles. The van der Waals surface area contributed by atoms with Gasteiger partial charge in [0.15, 0.2) is 0 Å². The van der Waals surface area contributed by atoms with E-state index in [1.165, 1.54) is 12.1 Å². The van der Waals surface area contributed by atoms with Crippen LogP contribution in [0, 0.1) is 0 Å². The predicted molar refractivity (Wildman–Crippen MR) is 110 cm³/mol. The highest BCUT2D eigenvalue weighted by Crippen LogP contribution is 2.39. The molecule has 0 radical (unpaired) electrons. The number of aliphatic carboxylic acids is 1. The van der Waals surface area contributed by atoms with E-state index >= 15 is 0 Å². The third-order valence-corrected chi connectivity index (χ3v) is 5.67. The summed E-state index contributed by atoms with van der Waals surface area (Å²) >= 11 is 5.18. The molecule has 0 unspecified atom stereocenters. The van der Waals surface area contributed by atoms with Crippen molar-refractivity contribution in [2.24, 2.45) is 0 Å². The van der Waals surface area contributed by atoms with Gasteiger partial charge in [-0.1, -0.05) is 24.4 Å². The van der Waals surface area contributed by atoms with Crippen molar-refractivity contribution in [3.05, 3.63) is 59.9 Å². The van der Waals surface area contributed by atoms with Gasteiger partial charge in [0.2, 0.25) is 0 Å². The van der Waals surface area contributed by atoms with Crippen LogP contribution in [-0.4, -0.2) is 43.7 Å². The number of urea groups is 1. The van der Waals surface area contributed by atoms with Crippen LogP contribution in [0.5, 0.6) is 0 Å². The second-order valence-corrected chi connectivity index (χ2v) is 8.19. The first-order valence-corrected chi connectivity index (χ1v) is 10.1. The summed E-state index contributed by atoms with van der Waals surface area (Å²) in [5.74, 6) is -2.76. The monoisotopic (exact) mass is 511 g/mol. The highest BCUT2D eigenvalue weighted by Gasteiger charge is 2.47. The molecule has 1 aromatic carbocycles. The number of alkyl halides is 6. The molecular formula is C19H15F6N3O3S2. The number of carbonyl (C=O) groups is 2. The Balaban J connectivity index is 0.000000479. The minimum Gasteiger partial charge on any atom is -0.475 e. The fourth-order valence-electron chi connectivity index (χ4n) is 2.78. The zero-order valence-electron chi connectivity index (χ0n) is 16.6. The molecule has 0 spiro atoms. The van der Waals surface area contributed by atoms with E-state index in [2.05, 4.69) is 10.3 Å². The Morgan fingerprint density at radius 2 is 1.64 bits per heavy atom. The second-order valence-electron chi connectivity index (χ2n) is 6.65. The Hall–Kier alpha value is -2.87. The van der Waals surface area contributed by atoms with Gasteiger partial charge in [-0.15, -0.1) is 0 Å². The standard InChI is InChI=1S/C17H14F3N3OS2.C2HF3O2/c1-16(12-2-4-13(5-3-12)26-17(18,19)20)14(25)22-15(24)23(16)10-11-6-8-21-9-7-11;3-2(4,5)1(6)7/h2-9H,10H2,1H3,(H,22,24,25);(H,6,7)/t16-;/m0./s1. The summed E-state index contributed by atoms with van der Waals surface area (Å²) in [7, 11) is 0. The molecule has 1 saturated heterocycles. The lowest BCUT2D eigenvalue weighted by Crippen LogP contribution is -2.43. The summed E-state index contributed by atoms with van der Waals surface area (Å²) in [6.45, 7) is 2.07. The molecule has 2 heterocycles. The molecule has 3 rings (SSSR count). The number of thiocarbonyl (C=S) groups is 1. The van der Waals surface area contributed by atoms with E-state index < -0.39 is 23.2 Å². The summed E-state index contributed by atoms with van der Waals surface area (Å²) in [5.41, 5.74) is -3.78. The van der Waals surface area contributed by atoms with Gasteiger partial charge in [-0.3, -0.25) is 10.3 Å². The van der Waals surface area contributed by atoms with Crippen LogP contribution in [0.2, 0.25) is 0 Å². The van der Waals surface area contributed by atoms with Gasteiger partial charge in [0.25, 0.3) is 0 Å². The van der Waals surface area contributed by atoms with Crippen LogP contribution in [0.15, 0.2) is 53.7 Å². The topological polar surface area (TPSA) is 82.5 Å². The molecule has 2 N–H and O–H groups in total. The number of hydrogen-bond acceptors (Lipinski definition) is 5. The lowest BCUT2D eigenvalue weighted by atomic mass is 9.91. The number of aromatic nitrogens is 1. The number of carboxylic acids is 1. The molecule has 1 aromatic heterocycles. The largest absolute Gasteiger partial charge is 0.490 e. The van der Waals surface area contributed by atoms with Crippen molar-refractivity contribution in [3.63, 3.8) is 0 Å². The molecule has 178 valence electrons. The molecule has 2 amide bonds. The Morgan fingerprint density at radius 3 is 2.09 bits per heavy atom. The lowest BCUT2D eigenvalue weighted by molar-refractivity contribution is -0.192. The molecule has 1 aliphatic rings. The van der Waals surface area contributed by atoms with Crippen LogP contribution in [-0.2, 0) is 16.9 Å². The van der Waals surface area contributed by atoms with Crippen molar-refractivity contribution in [3.8, 4) is 0 Å². The van der Waals surface area contributed by atoms with Crippen LogP contribution in [0.1, 0.15) is 18.1 Å². The average Bonchev–Trinajstić information content (AvgIpc) is 2.92. The number of nitrogens with one attached hydrogen (secondary N) is 1. The Bertz CT molecular complexity index is 1020. The minimum atomic E-state index is -5.08. The maximum Gasteiger partial charge on any atom is 0.490 e. The van der Waals surface area contributed by atoms with Gasteiger partial charge in [0.1, 0.15) is 10.5 Å². The summed E-state index contributed by atoms with van der Waals surface area (Å²) in [4.78, 5) is 27.2. The van der Waals surface area contributed by atoms with Crippen LogP contribution < -0.4 is 5.32 Å². The van der Waals surface area contributed by atoms with Gasteiger partial charge in [0.05, 0.1) is 0 Å². The van der Waals surface area contributed by atoms with E-state index in [4.69, 9.17) is 22.1 Å². The Labute approximate surface area is 193 Å². The predicted octanol–water partition coefficient (Wildman–Crippen LogP) is 5.09. The summed E-state index contributed by atoms with van der Waals surface area (Å²) in [6.07, 6.45) is -1.83. The number of halogens is 6. The lowest BCUT2D eigenvalue weighted by Gasteiger charge is -2.34. The molecule has 1 aliphatic heterocycles. The van der Waals surface area contributed by atoms with Gasteiger partial charge in [0, 0.05) is 23.8 Å². The first-order chi connectivity index (χ1) is 15.1. The maximum atomic E-state index is 12.5. The highest BCUT2D eigenvalue weighted by atomic mass is 32.2. The third kappa shape index (κ3) is 6.81. The van der Waals surface area contributed by atoms with E-state index in [0.717, 1.165) is 5.56 Å². The number of amides is 2. The van der Waals surface area contributed by atoms with Crippen LogP contribution in [0.3, 0.4) is 0 Å². The molecule has 6 nitrogen and oxygen atoms in total. The van der Waals surface area contributed by atoms with Crippen molar-refractivity contribution in [2.75, 3.05) is 0 Å². The first-order valence-electron chi connectivity index (χ1n) is 8.83. The summed E-state index contributed by atoms with van der Waals surface area (Å²) in [5, 5.41) is 9.77. The molecule has 33 heavy (non-hydrogen) atoms. The van der Waals surface area contributed by atoms with Gasteiger partial charge < -0.3 is 10.0 Å². The van der Waals surface area contributed by atoms with Crippen LogP contribution >= 0.6 is 24.0 Å². The quantitative estimate of drug-likeness (QED) is 0.338. The van der Waals surface area contributed by atoms with E-state index in [0.29, 0.717) is 17.1 Å². The normalized spacial score (nSPS) is 18.5. The van der Waals surface area contributed by atoms with Gasteiger partial charge in [-0.2, -0.15) is 26.3 Å². The number of hydrogen-bond donors (Lipinski definition) is 2. The number of benzene rings is 1. The molecule has 1 atom stereocenters.